The van der Waals surface area contributed by atoms with Crippen LogP contribution in [0.25, 0.3) is 0 Å². The SMILES string of the molecule is Cc1ccnc(Nc2cc(N3CCN(C(=O)c4c(C)noc4C)CC3)nc(C)n2)c1. The lowest BCUT2D eigenvalue weighted by atomic mass is 10.1. The van der Waals surface area contributed by atoms with Crippen LogP contribution in [0.3, 0.4) is 0 Å². The summed E-state index contributed by atoms with van der Waals surface area (Å²) in [7, 11) is 0. The van der Waals surface area contributed by atoms with E-state index in [1.807, 2.05) is 36.9 Å². The summed E-state index contributed by atoms with van der Waals surface area (Å²) in [5.41, 5.74) is 2.32. The van der Waals surface area contributed by atoms with Crippen molar-refractivity contribution >= 4 is 23.4 Å². The van der Waals surface area contributed by atoms with Gasteiger partial charge in [-0.25, -0.2) is 15.0 Å². The van der Waals surface area contributed by atoms with Gasteiger partial charge in [0.2, 0.25) is 0 Å². The Bertz CT molecular complexity index is 1050. The molecule has 1 amide bonds. The summed E-state index contributed by atoms with van der Waals surface area (Å²) >= 11 is 0. The Morgan fingerprint density at radius 3 is 2.47 bits per heavy atom. The molecule has 0 aromatic carbocycles. The maximum absolute atomic E-state index is 12.8. The maximum Gasteiger partial charge on any atom is 0.259 e. The normalized spacial score (nSPS) is 14.1. The van der Waals surface area contributed by atoms with E-state index in [9.17, 15) is 4.79 Å². The highest BCUT2D eigenvalue weighted by molar-refractivity contribution is 5.96. The van der Waals surface area contributed by atoms with Gasteiger partial charge in [0.05, 0.1) is 5.69 Å². The van der Waals surface area contributed by atoms with Gasteiger partial charge in [-0.05, 0) is 45.4 Å². The van der Waals surface area contributed by atoms with Crippen molar-refractivity contribution in [1.29, 1.82) is 0 Å². The van der Waals surface area contributed by atoms with Crippen LogP contribution in [0.5, 0.6) is 0 Å². The molecule has 1 aliphatic heterocycles. The topological polar surface area (TPSA) is 100 Å². The van der Waals surface area contributed by atoms with Crippen LogP contribution >= 0.6 is 0 Å². The molecule has 0 spiro atoms. The lowest BCUT2D eigenvalue weighted by Crippen LogP contribution is -2.49. The molecule has 1 fully saturated rings. The average Bonchev–Trinajstić information content (AvgIpc) is 3.05. The fourth-order valence-electron chi connectivity index (χ4n) is 3.60. The first-order valence-corrected chi connectivity index (χ1v) is 9.93. The molecule has 1 N–H and O–H groups in total. The van der Waals surface area contributed by atoms with E-state index in [4.69, 9.17) is 4.52 Å². The van der Waals surface area contributed by atoms with E-state index in [0.29, 0.717) is 54.8 Å². The molecule has 0 bridgehead atoms. The minimum Gasteiger partial charge on any atom is -0.361 e. The molecule has 0 radical (unpaired) electrons. The van der Waals surface area contributed by atoms with Crippen molar-refractivity contribution < 1.29 is 9.32 Å². The van der Waals surface area contributed by atoms with Crippen LogP contribution in [-0.2, 0) is 0 Å². The van der Waals surface area contributed by atoms with Crippen molar-refractivity contribution in [3.8, 4) is 0 Å². The van der Waals surface area contributed by atoms with Crippen molar-refractivity contribution in [1.82, 2.24) is 25.0 Å². The predicted octanol–water partition coefficient (Wildman–Crippen LogP) is 2.80. The molecular formula is C21H25N7O2. The van der Waals surface area contributed by atoms with Gasteiger partial charge in [0.25, 0.3) is 5.91 Å². The summed E-state index contributed by atoms with van der Waals surface area (Å²) in [6, 6.07) is 5.84. The first kappa shape index (κ1) is 19.8. The Labute approximate surface area is 175 Å². The summed E-state index contributed by atoms with van der Waals surface area (Å²) in [4.78, 5) is 30.3. The third kappa shape index (κ3) is 4.10. The third-order valence-electron chi connectivity index (χ3n) is 5.13. The zero-order valence-electron chi connectivity index (χ0n) is 17.6. The highest BCUT2D eigenvalue weighted by atomic mass is 16.5. The van der Waals surface area contributed by atoms with Gasteiger partial charge in [-0.2, -0.15) is 0 Å². The number of carbonyl (C=O) groups excluding carboxylic acids is 1. The van der Waals surface area contributed by atoms with E-state index in [2.05, 4.69) is 30.3 Å². The summed E-state index contributed by atoms with van der Waals surface area (Å²) < 4.78 is 5.14. The second kappa shape index (κ2) is 8.10. The Hall–Kier alpha value is -3.49. The van der Waals surface area contributed by atoms with Crippen molar-refractivity contribution in [2.24, 2.45) is 0 Å². The van der Waals surface area contributed by atoms with Gasteiger partial charge < -0.3 is 19.6 Å². The van der Waals surface area contributed by atoms with Crippen molar-refractivity contribution in [2.45, 2.75) is 27.7 Å². The molecule has 3 aromatic heterocycles. The number of piperazine rings is 1. The van der Waals surface area contributed by atoms with Crippen LogP contribution in [0, 0.1) is 27.7 Å². The van der Waals surface area contributed by atoms with Crippen LogP contribution in [0.1, 0.15) is 33.2 Å². The highest BCUT2D eigenvalue weighted by Crippen LogP contribution is 2.22. The number of aryl methyl sites for hydroxylation is 4. The zero-order chi connectivity index (χ0) is 21.3. The molecule has 9 nitrogen and oxygen atoms in total. The predicted molar refractivity (Wildman–Crippen MR) is 113 cm³/mol. The number of nitrogens with one attached hydrogen (secondary N) is 1. The first-order valence-electron chi connectivity index (χ1n) is 9.93. The van der Waals surface area contributed by atoms with Crippen molar-refractivity contribution in [3.63, 3.8) is 0 Å². The standard InChI is InChI=1S/C21H25N7O2/c1-13-5-6-22-17(11-13)25-18-12-19(24-16(4)23-18)27-7-9-28(10-8-27)21(29)20-14(2)26-30-15(20)3/h5-6,11-12H,7-10H2,1-4H3,(H,22,23,24,25). The second-order valence-electron chi connectivity index (χ2n) is 7.48. The molecule has 0 aliphatic carbocycles. The number of carbonyl (C=O) groups is 1. The summed E-state index contributed by atoms with van der Waals surface area (Å²) in [6.07, 6.45) is 1.77. The molecule has 4 heterocycles. The quantitative estimate of drug-likeness (QED) is 0.705. The Kier molecular flexibility index (Phi) is 5.35. The van der Waals surface area contributed by atoms with Gasteiger partial charge in [-0.15, -0.1) is 0 Å². The fraction of sp³-hybridized carbons (Fsp3) is 0.381. The lowest BCUT2D eigenvalue weighted by molar-refractivity contribution is 0.0744. The Morgan fingerprint density at radius 1 is 1.03 bits per heavy atom. The van der Waals surface area contributed by atoms with Crippen LogP contribution in [-0.4, -0.2) is 57.1 Å². The smallest absolute Gasteiger partial charge is 0.259 e. The number of amides is 1. The van der Waals surface area contributed by atoms with E-state index >= 15 is 0 Å². The molecule has 0 unspecified atom stereocenters. The van der Waals surface area contributed by atoms with Crippen LogP contribution in [0.4, 0.5) is 17.5 Å². The van der Waals surface area contributed by atoms with E-state index in [1.165, 1.54) is 0 Å². The molecule has 9 heteroatoms. The number of hydrogen-bond donors (Lipinski definition) is 1. The van der Waals surface area contributed by atoms with E-state index in [1.54, 1.807) is 20.0 Å². The highest BCUT2D eigenvalue weighted by Gasteiger charge is 2.27. The van der Waals surface area contributed by atoms with Crippen LogP contribution < -0.4 is 10.2 Å². The number of anilines is 3. The van der Waals surface area contributed by atoms with Gasteiger partial charge in [0, 0.05) is 38.4 Å². The van der Waals surface area contributed by atoms with Crippen LogP contribution in [0.2, 0.25) is 0 Å². The number of hydrogen-bond acceptors (Lipinski definition) is 8. The number of aromatic nitrogens is 4. The molecule has 156 valence electrons. The molecule has 30 heavy (non-hydrogen) atoms. The minimum absolute atomic E-state index is 0.0300. The number of rotatable bonds is 4. The fourth-order valence-corrected chi connectivity index (χ4v) is 3.60. The minimum atomic E-state index is -0.0300. The van der Waals surface area contributed by atoms with Gasteiger partial charge in [0.15, 0.2) is 0 Å². The molecule has 3 aromatic rings. The van der Waals surface area contributed by atoms with E-state index < -0.39 is 0 Å². The summed E-state index contributed by atoms with van der Waals surface area (Å²) in [5.74, 6) is 3.49. The van der Waals surface area contributed by atoms with Crippen LogP contribution in [0.15, 0.2) is 28.9 Å². The van der Waals surface area contributed by atoms with Crippen molar-refractivity contribution in [2.75, 3.05) is 36.4 Å². The van der Waals surface area contributed by atoms with Crippen molar-refractivity contribution in [3.05, 3.63) is 52.8 Å². The monoisotopic (exact) mass is 407 g/mol. The Balaban J connectivity index is 1.46. The lowest BCUT2D eigenvalue weighted by Gasteiger charge is -2.35. The molecule has 1 saturated heterocycles. The second-order valence-corrected chi connectivity index (χ2v) is 7.48. The van der Waals surface area contributed by atoms with E-state index in [0.717, 1.165) is 17.2 Å². The maximum atomic E-state index is 12.8. The first-order chi connectivity index (χ1) is 14.4. The molecule has 4 rings (SSSR count). The molecule has 0 atom stereocenters. The van der Waals surface area contributed by atoms with Gasteiger partial charge in [-0.1, -0.05) is 5.16 Å². The number of nitrogens with zero attached hydrogens (tertiary/aromatic N) is 6. The third-order valence-corrected chi connectivity index (χ3v) is 5.13. The summed E-state index contributed by atoms with van der Waals surface area (Å²) in [6.45, 7) is 10.0. The molecule has 1 aliphatic rings. The number of pyridine rings is 1. The zero-order valence-corrected chi connectivity index (χ0v) is 17.6. The van der Waals surface area contributed by atoms with Gasteiger partial charge in [0.1, 0.15) is 34.6 Å². The van der Waals surface area contributed by atoms with Gasteiger partial charge in [-0.3, -0.25) is 4.79 Å². The average molecular weight is 407 g/mol. The Morgan fingerprint density at radius 2 is 1.80 bits per heavy atom. The molecule has 0 saturated carbocycles. The van der Waals surface area contributed by atoms with Gasteiger partial charge >= 0.3 is 0 Å². The largest absolute Gasteiger partial charge is 0.361 e. The molecular weight excluding hydrogens is 382 g/mol. The van der Waals surface area contributed by atoms with E-state index in [-0.39, 0.29) is 5.91 Å². The summed E-state index contributed by atoms with van der Waals surface area (Å²) in [5, 5.41) is 7.14.